The minimum atomic E-state index is -1.34. The lowest BCUT2D eigenvalue weighted by atomic mass is 9.93. The molecule has 0 fully saturated rings. The third-order valence-corrected chi connectivity index (χ3v) is 6.12. The van der Waals surface area contributed by atoms with Crippen LogP contribution in [0.2, 0.25) is 0 Å². The van der Waals surface area contributed by atoms with Crippen molar-refractivity contribution in [3.05, 3.63) is 99.4 Å². The molecule has 3 aromatic carbocycles. The molecule has 3 aromatic rings. The van der Waals surface area contributed by atoms with Gasteiger partial charge in [-0.2, -0.15) is 0 Å². The molecule has 0 heterocycles. The molecule has 0 bridgehead atoms. The summed E-state index contributed by atoms with van der Waals surface area (Å²) in [4.78, 5) is 24.7. The van der Waals surface area contributed by atoms with Gasteiger partial charge in [-0.15, -0.1) is 0 Å². The maximum atomic E-state index is 14.1. The highest BCUT2D eigenvalue weighted by molar-refractivity contribution is 5.96. The number of amides is 1. The van der Waals surface area contributed by atoms with E-state index >= 15 is 0 Å². The van der Waals surface area contributed by atoms with Gasteiger partial charge >= 0.3 is 5.97 Å². The van der Waals surface area contributed by atoms with Gasteiger partial charge in [0.25, 0.3) is 5.91 Å². The summed E-state index contributed by atoms with van der Waals surface area (Å²) in [6.07, 6.45) is 0.587. The number of halogens is 3. The molecule has 0 radical (unpaired) electrons. The average Bonchev–Trinajstić information content (AvgIpc) is 2.84. The van der Waals surface area contributed by atoms with E-state index in [0.717, 1.165) is 22.8 Å². The van der Waals surface area contributed by atoms with E-state index in [4.69, 9.17) is 9.84 Å². The summed E-state index contributed by atoms with van der Waals surface area (Å²) < 4.78 is 47.2. The first kappa shape index (κ1) is 28.8. The van der Waals surface area contributed by atoms with Gasteiger partial charge in [0.2, 0.25) is 0 Å². The number of ether oxygens (including phenoxy) is 1. The molecule has 0 saturated carbocycles. The third kappa shape index (κ3) is 7.60. The van der Waals surface area contributed by atoms with Crippen LogP contribution in [-0.2, 0) is 17.8 Å². The average molecular weight is 528 g/mol. The molecule has 0 aliphatic carbocycles. The SMILES string of the molecule is Cc1cc(C)cc(C(CC(C)C)NC(=O)c2cc(OCc3c(F)ccc(F)c3F)ccc2CCC(=O)O)c1. The second-order valence-electron chi connectivity index (χ2n) is 9.90. The number of carbonyl (C=O) groups is 2. The van der Waals surface area contributed by atoms with Crippen LogP contribution in [0.25, 0.3) is 0 Å². The van der Waals surface area contributed by atoms with Gasteiger partial charge in [0.1, 0.15) is 18.2 Å². The fourth-order valence-corrected chi connectivity index (χ4v) is 4.37. The van der Waals surface area contributed by atoms with Crippen LogP contribution in [0, 0.1) is 37.2 Å². The van der Waals surface area contributed by atoms with Gasteiger partial charge in [-0.3, -0.25) is 9.59 Å². The van der Waals surface area contributed by atoms with Crippen molar-refractivity contribution in [1.82, 2.24) is 5.32 Å². The van der Waals surface area contributed by atoms with Crippen molar-refractivity contribution in [2.24, 2.45) is 5.92 Å². The number of aryl methyl sites for hydroxylation is 3. The Kier molecular flexibility index (Phi) is 9.55. The Morgan fingerprint density at radius 2 is 1.61 bits per heavy atom. The van der Waals surface area contributed by atoms with Crippen molar-refractivity contribution >= 4 is 11.9 Å². The second kappa shape index (κ2) is 12.6. The van der Waals surface area contributed by atoms with E-state index < -0.39 is 41.5 Å². The molecular formula is C30H32F3NO4. The number of benzene rings is 3. The molecule has 202 valence electrons. The van der Waals surface area contributed by atoms with Crippen LogP contribution in [0.4, 0.5) is 13.2 Å². The molecule has 0 aliphatic heterocycles. The van der Waals surface area contributed by atoms with Crippen molar-refractivity contribution in [1.29, 1.82) is 0 Å². The van der Waals surface area contributed by atoms with Crippen LogP contribution in [-0.4, -0.2) is 17.0 Å². The van der Waals surface area contributed by atoms with E-state index in [9.17, 15) is 22.8 Å². The predicted octanol–water partition coefficient (Wildman–Crippen LogP) is 6.83. The van der Waals surface area contributed by atoms with Crippen LogP contribution < -0.4 is 10.1 Å². The molecule has 0 aliphatic rings. The summed E-state index contributed by atoms with van der Waals surface area (Å²) in [5.74, 6) is -4.53. The summed E-state index contributed by atoms with van der Waals surface area (Å²) in [7, 11) is 0. The van der Waals surface area contributed by atoms with E-state index in [2.05, 4.69) is 19.2 Å². The lowest BCUT2D eigenvalue weighted by Gasteiger charge is -2.23. The molecule has 38 heavy (non-hydrogen) atoms. The Balaban J connectivity index is 1.92. The molecule has 1 unspecified atom stereocenters. The minimum Gasteiger partial charge on any atom is -0.489 e. The van der Waals surface area contributed by atoms with Crippen molar-refractivity contribution in [3.8, 4) is 5.75 Å². The number of nitrogens with one attached hydrogen (secondary N) is 1. The Bertz CT molecular complexity index is 1300. The molecule has 1 atom stereocenters. The first-order chi connectivity index (χ1) is 17.9. The predicted molar refractivity (Wildman–Crippen MR) is 139 cm³/mol. The van der Waals surface area contributed by atoms with Crippen LogP contribution in [0.3, 0.4) is 0 Å². The molecular weight excluding hydrogens is 495 g/mol. The van der Waals surface area contributed by atoms with E-state index in [1.54, 1.807) is 6.07 Å². The highest BCUT2D eigenvalue weighted by Gasteiger charge is 2.21. The number of carboxylic acids is 1. The van der Waals surface area contributed by atoms with E-state index in [0.29, 0.717) is 18.1 Å². The molecule has 2 N–H and O–H groups in total. The summed E-state index contributed by atoms with van der Waals surface area (Å²) >= 11 is 0. The molecule has 0 saturated heterocycles. The van der Waals surface area contributed by atoms with Crippen molar-refractivity contribution < 1.29 is 32.6 Å². The van der Waals surface area contributed by atoms with Crippen LogP contribution in [0.5, 0.6) is 5.75 Å². The maximum Gasteiger partial charge on any atom is 0.303 e. The number of carboxylic acid groups (broad SMARTS) is 1. The van der Waals surface area contributed by atoms with Gasteiger partial charge in [-0.05, 0) is 68.0 Å². The minimum absolute atomic E-state index is 0.101. The number of rotatable bonds is 11. The quantitative estimate of drug-likeness (QED) is 0.268. The topological polar surface area (TPSA) is 75.6 Å². The van der Waals surface area contributed by atoms with Crippen LogP contribution in [0.15, 0.2) is 48.5 Å². The van der Waals surface area contributed by atoms with E-state index in [-0.39, 0.29) is 36.1 Å². The zero-order valence-corrected chi connectivity index (χ0v) is 21.9. The largest absolute Gasteiger partial charge is 0.489 e. The van der Waals surface area contributed by atoms with Crippen molar-refractivity contribution in [2.45, 2.75) is 59.6 Å². The summed E-state index contributed by atoms with van der Waals surface area (Å²) in [5, 5.41) is 12.2. The maximum absolute atomic E-state index is 14.1. The lowest BCUT2D eigenvalue weighted by molar-refractivity contribution is -0.136. The van der Waals surface area contributed by atoms with Gasteiger partial charge < -0.3 is 15.2 Å². The van der Waals surface area contributed by atoms with Gasteiger partial charge in [-0.1, -0.05) is 49.2 Å². The third-order valence-electron chi connectivity index (χ3n) is 6.12. The number of aliphatic carboxylic acids is 1. The summed E-state index contributed by atoms with van der Waals surface area (Å²) in [6, 6.07) is 11.7. The standard InChI is InChI=1S/C30H32F3NO4/c1-17(2)11-27(21-13-18(3)12-19(4)14-21)34-30(37)23-15-22(7-5-20(23)6-10-28(35)36)38-16-24-25(31)8-9-26(32)29(24)33/h5,7-9,12-15,17,27H,6,10-11,16H2,1-4H3,(H,34,37)(H,35,36). The van der Waals surface area contributed by atoms with Crippen molar-refractivity contribution in [2.75, 3.05) is 0 Å². The Morgan fingerprint density at radius 3 is 2.24 bits per heavy atom. The monoisotopic (exact) mass is 527 g/mol. The first-order valence-corrected chi connectivity index (χ1v) is 12.4. The fraction of sp³-hybridized carbons (Fsp3) is 0.333. The summed E-state index contributed by atoms with van der Waals surface area (Å²) in [5.41, 5.74) is 3.21. The van der Waals surface area contributed by atoms with Gasteiger partial charge in [0, 0.05) is 12.0 Å². The highest BCUT2D eigenvalue weighted by atomic mass is 19.2. The number of hydrogen-bond acceptors (Lipinski definition) is 3. The Morgan fingerprint density at radius 1 is 0.947 bits per heavy atom. The molecule has 0 aromatic heterocycles. The lowest BCUT2D eigenvalue weighted by Crippen LogP contribution is -2.30. The zero-order chi connectivity index (χ0) is 28.0. The number of carbonyl (C=O) groups excluding carboxylic acids is 1. The molecule has 3 rings (SSSR count). The fourth-order valence-electron chi connectivity index (χ4n) is 4.37. The van der Waals surface area contributed by atoms with Gasteiger partial charge in [0.05, 0.1) is 11.6 Å². The molecule has 5 nitrogen and oxygen atoms in total. The second-order valence-corrected chi connectivity index (χ2v) is 9.90. The highest BCUT2D eigenvalue weighted by Crippen LogP contribution is 2.27. The normalized spacial score (nSPS) is 11.9. The molecule has 8 heteroatoms. The summed E-state index contributed by atoms with van der Waals surface area (Å²) in [6.45, 7) is 7.49. The van der Waals surface area contributed by atoms with E-state index in [1.807, 2.05) is 32.0 Å². The van der Waals surface area contributed by atoms with Crippen molar-refractivity contribution in [3.63, 3.8) is 0 Å². The molecule has 0 spiro atoms. The van der Waals surface area contributed by atoms with Crippen LogP contribution in [0.1, 0.15) is 70.9 Å². The van der Waals surface area contributed by atoms with Gasteiger partial charge in [0.15, 0.2) is 11.6 Å². The van der Waals surface area contributed by atoms with Gasteiger partial charge in [-0.25, -0.2) is 13.2 Å². The first-order valence-electron chi connectivity index (χ1n) is 12.4. The Hall–Kier alpha value is -3.81. The zero-order valence-electron chi connectivity index (χ0n) is 21.9. The van der Waals surface area contributed by atoms with E-state index in [1.165, 1.54) is 12.1 Å². The Labute approximate surface area is 220 Å². The van der Waals surface area contributed by atoms with Crippen LogP contribution >= 0.6 is 0 Å². The number of hydrogen-bond donors (Lipinski definition) is 2. The smallest absolute Gasteiger partial charge is 0.303 e. The molecule has 1 amide bonds.